The number of rotatable bonds is 4. The van der Waals surface area contributed by atoms with Crippen LogP contribution in [-0.2, 0) is 16.6 Å². The Balaban J connectivity index is 2.35. The minimum Gasteiger partial charge on any atom is -0.496 e. The number of methoxy groups -OCH3 is 1. The third-order valence-electron chi connectivity index (χ3n) is 3.50. The SMILES string of the molecule is COc1ccc(S(=O)(=O)N2CC(C)SC(C)C2)cc1CN. The lowest BCUT2D eigenvalue weighted by Crippen LogP contribution is -2.43. The molecule has 2 atom stereocenters. The monoisotopic (exact) mass is 330 g/mol. The second kappa shape index (κ2) is 6.56. The molecule has 0 amide bonds. The smallest absolute Gasteiger partial charge is 0.243 e. The van der Waals surface area contributed by atoms with Gasteiger partial charge in [0.15, 0.2) is 0 Å². The van der Waals surface area contributed by atoms with Crippen LogP contribution in [0.25, 0.3) is 0 Å². The Labute approximate surface area is 130 Å². The molecule has 118 valence electrons. The summed E-state index contributed by atoms with van der Waals surface area (Å²) in [7, 11) is -1.93. The number of hydrogen-bond acceptors (Lipinski definition) is 5. The molecule has 0 radical (unpaired) electrons. The zero-order valence-corrected chi connectivity index (χ0v) is 14.2. The Morgan fingerprint density at radius 2 is 1.95 bits per heavy atom. The molecular formula is C14H22N2O3S2. The molecule has 1 aliphatic heterocycles. The van der Waals surface area contributed by atoms with Crippen molar-refractivity contribution in [1.82, 2.24) is 4.31 Å². The number of thioether (sulfide) groups is 1. The molecule has 0 bridgehead atoms. The fourth-order valence-corrected chi connectivity index (χ4v) is 5.73. The standard InChI is InChI=1S/C14H22N2O3S2/c1-10-8-16(9-11(2)20-10)21(17,18)13-4-5-14(19-3)12(6-13)7-15/h4-6,10-11H,7-9,15H2,1-3H3. The van der Waals surface area contributed by atoms with Gasteiger partial charge in [-0.3, -0.25) is 0 Å². The number of nitrogens with zero attached hydrogens (tertiary/aromatic N) is 1. The van der Waals surface area contributed by atoms with Crippen molar-refractivity contribution in [2.45, 2.75) is 35.8 Å². The molecule has 1 aromatic rings. The highest BCUT2D eigenvalue weighted by molar-refractivity contribution is 8.00. The van der Waals surface area contributed by atoms with Crippen LogP contribution in [0.1, 0.15) is 19.4 Å². The first-order valence-electron chi connectivity index (χ1n) is 6.91. The van der Waals surface area contributed by atoms with Gasteiger partial charge in [0.05, 0.1) is 12.0 Å². The van der Waals surface area contributed by atoms with Crippen molar-refractivity contribution in [3.05, 3.63) is 23.8 Å². The summed E-state index contributed by atoms with van der Waals surface area (Å²) >= 11 is 1.82. The van der Waals surface area contributed by atoms with Gasteiger partial charge in [-0.15, -0.1) is 0 Å². The highest BCUT2D eigenvalue weighted by atomic mass is 32.2. The zero-order chi connectivity index (χ0) is 15.6. The fourth-order valence-electron chi connectivity index (χ4n) is 2.55. The van der Waals surface area contributed by atoms with Crippen LogP contribution in [0.5, 0.6) is 5.75 Å². The van der Waals surface area contributed by atoms with Crippen molar-refractivity contribution >= 4 is 21.8 Å². The van der Waals surface area contributed by atoms with E-state index in [9.17, 15) is 8.42 Å². The van der Waals surface area contributed by atoms with E-state index in [1.54, 1.807) is 29.6 Å². The van der Waals surface area contributed by atoms with Gasteiger partial charge < -0.3 is 10.5 Å². The summed E-state index contributed by atoms with van der Waals surface area (Å²) in [4.78, 5) is 0.287. The van der Waals surface area contributed by atoms with E-state index in [1.165, 1.54) is 0 Å². The van der Waals surface area contributed by atoms with Gasteiger partial charge in [0.1, 0.15) is 5.75 Å². The largest absolute Gasteiger partial charge is 0.496 e. The Hall–Kier alpha value is -0.760. The highest BCUT2D eigenvalue weighted by Gasteiger charge is 2.32. The lowest BCUT2D eigenvalue weighted by atomic mass is 10.2. The Bertz CT molecular complexity index is 594. The Morgan fingerprint density at radius 3 is 2.48 bits per heavy atom. The van der Waals surface area contributed by atoms with E-state index < -0.39 is 10.0 Å². The third kappa shape index (κ3) is 3.53. The number of nitrogens with two attached hydrogens (primary N) is 1. The van der Waals surface area contributed by atoms with E-state index in [-0.39, 0.29) is 11.4 Å². The van der Waals surface area contributed by atoms with Gasteiger partial charge in [-0.25, -0.2) is 8.42 Å². The molecule has 1 aromatic carbocycles. The molecule has 2 rings (SSSR count). The van der Waals surface area contributed by atoms with Crippen molar-refractivity contribution in [2.75, 3.05) is 20.2 Å². The van der Waals surface area contributed by atoms with Crippen molar-refractivity contribution in [3.8, 4) is 5.75 Å². The first-order chi connectivity index (χ1) is 9.88. The van der Waals surface area contributed by atoms with Gasteiger partial charge in [-0.2, -0.15) is 16.1 Å². The molecule has 1 saturated heterocycles. The molecule has 2 N–H and O–H groups in total. The molecule has 7 heteroatoms. The third-order valence-corrected chi connectivity index (χ3v) is 6.55. The van der Waals surface area contributed by atoms with Gasteiger partial charge in [0.2, 0.25) is 10.0 Å². The van der Waals surface area contributed by atoms with Crippen LogP contribution in [0.3, 0.4) is 0 Å². The zero-order valence-electron chi connectivity index (χ0n) is 12.6. The number of hydrogen-bond donors (Lipinski definition) is 1. The van der Waals surface area contributed by atoms with Crippen LogP contribution in [0.2, 0.25) is 0 Å². The summed E-state index contributed by atoms with van der Waals surface area (Å²) in [6, 6.07) is 4.87. The predicted octanol–water partition coefficient (Wildman–Crippen LogP) is 1.67. The minimum absolute atomic E-state index is 0.245. The lowest BCUT2D eigenvalue weighted by molar-refractivity contribution is 0.402. The van der Waals surface area contributed by atoms with Crippen molar-refractivity contribution in [2.24, 2.45) is 5.73 Å². The Morgan fingerprint density at radius 1 is 1.33 bits per heavy atom. The number of benzene rings is 1. The molecule has 0 aliphatic carbocycles. The van der Waals surface area contributed by atoms with E-state index in [2.05, 4.69) is 13.8 Å². The van der Waals surface area contributed by atoms with Crippen LogP contribution in [0.4, 0.5) is 0 Å². The van der Waals surface area contributed by atoms with Crippen LogP contribution in [0, 0.1) is 0 Å². The molecule has 1 fully saturated rings. The number of ether oxygens (including phenoxy) is 1. The fraction of sp³-hybridized carbons (Fsp3) is 0.571. The average molecular weight is 330 g/mol. The molecule has 5 nitrogen and oxygen atoms in total. The van der Waals surface area contributed by atoms with E-state index >= 15 is 0 Å². The topological polar surface area (TPSA) is 72.6 Å². The Kier molecular flexibility index (Phi) is 5.19. The van der Waals surface area contributed by atoms with Gasteiger partial charge in [-0.1, -0.05) is 13.8 Å². The van der Waals surface area contributed by atoms with Crippen LogP contribution < -0.4 is 10.5 Å². The number of sulfonamides is 1. The molecule has 2 unspecified atom stereocenters. The van der Waals surface area contributed by atoms with Gasteiger partial charge in [0, 0.05) is 35.7 Å². The van der Waals surface area contributed by atoms with Gasteiger partial charge in [0.25, 0.3) is 0 Å². The molecule has 0 spiro atoms. The summed E-state index contributed by atoms with van der Waals surface area (Å²) in [6.07, 6.45) is 0. The molecule has 0 aromatic heterocycles. The first-order valence-corrected chi connectivity index (χ1v) is 9.29. The maximum absolute atomic E-state index is 12.8. The summed E-state index contributed by atoms with van der Waals surface area (Å²) in [5.74, 6) is 0.618. The molecule has 1 heterocycles. The van der Waals surface area contributed by atoms with E-state index in [0.29, 0.717) is 34.9 Å². The summed E-state index contributed by atoms with van der Waals surface area (Å²) in [5, 5.41) is 0.603. The molecular weight excluding hydrogens is 308 g/mol. The minimum atomic E-state index is -3.48. The summed E-state index contributed by atoms with van der Waals surface area (Å²) in [6.45, 7) is 5.45. The first kappa shape index (κ1) is 16.6. The van der Waals surface area contributed by atoms with Crippen molar-refractivity contribution < 1.29 is 13.2 Å². The van der Waals surface area contributed by atoms with Crippen LogP contribution in [-0.4, -0.2) is 43.4 Å². The van der Waals surface area contributed by atoms with Gasteiger partial charge in [-0.05, 0) is 18.2 Å². The van der Waals surface area contributed by atoms with Gasteiger partial charge >= 0.3 is 0 Å². The molecule has 1 aliphatic rings. The highest BCUT2D eigenvalue weighted by Crippen LogP contribution is 2.30. The lowest BCUT2D eigenvalue weighted by Gasteiger charge is -2.33. The second-order valence-corrected chi connectivity index (χ2v) is 9.08. The maximum atomic E-state index is 12.8. The second-order valence-electron chi connectivity index (χ2n) is 5.26. The maximum Gasteiger partial charge on any atom is 0.243 e. The van der Waals surface area contributed by atoms with E-state index in [4.69, 9.17) is 10.5 Å². The molecule has 0 saturated carbocycles. The van der Waals surface area contributed by atoms with Crippen LogP contribution in [0.15, 0.2) is 23.1 Å². The quantitative estimate of drug-likeness (QED) is 0.909. The van der Waals surface area contributed by atoms with Crippen LogP contribution >= 0.6 is 11.8 Å². The summed E-state index contributed by atoms with van der Waals surface area (Å²) in [5.41, 5.74) is 6.37. The van der Waals surface area contributed by atoms with E-state index in [1.807, 2.05) is 11.8 Å². The van der Waals surface area contributed by atoms with Crippen molar-refractivity contribution in [3.63, 3.8) is 0 Å². The van der Waals surface area contributed by atoms with E-state index in [0.717, 1.165) is 0 Å². The van der Waals surface area contributed by atoms with Crippen molar-refractivity contribution in [1.29, 1.82) is 0 Å². The predicted molar refractivity (Wildman–Crippen MR) is 86.2 cm³/mol. The summed E-state index contributed by atoms with van der Waals surface area (Å²) < 4.78 is 32.3. The molecule has 21 heavy (non-hydrogen) atoms. The average Bonchev–Trinajstić information content (AvgIpc) is 2.45. The normalized spacial score (nSPS) is 24.0.